The first kappa shape index (κ1) is 23.6. The third kappa shape index (κ3) is 4.66. The Labute approximate surface area is 218 Å². The molecule has 3 N–H and O–H groups in total. The quantitative estimate of drug-likeness (QED) is 0.404. The average Bonchev–Trinajstić information content (AvgIpc) is 3.52. The van der Waals surface area contributed by atoms with Gasteiger partial charge in [-0.2, -0.15) is 15.1 Å². The second-order valence-corrected chi connectivity index (χ2v) is 8.88. The number of anilines is 4. The highest BCUT2D eigenvalue weighted by Gasteiger charge is 2.31. The summed E-state index contributed by atoms with van der Waals surface area (Å²) >= 11 is 0. The Morgan fingerprint density at radius 3 is 2.61 bits per heavy atom. The number of para-hydroxylation sites is 1. The number of carbonyl (C=O) groups excluding carboxylic acids is 1. The van der Waals surface area contributed by atoms with E-state index in [0.29, 0.717) is 68.1 Å². The van der Waals surface area contributed by atoms with Crippen molar-refractivity contribution < 1.29 is 14.4 Å². The van der Waals surface area contributed by atoms with Gasteiger partial charge in [-0.25, -0.2) is 24.4 Å². The summed E-state index contributed by atoms with van der Waals surface area (Å²) in [4.78, 5) is 38.7. The molecule has 1 aromatic carbocycles. The molecule has 0 aliphatic carbocycles. The van der Waals surface area contributed by atoms with E-state index in [1.165, 1.54) is 5.06 Å². The van der Waals surface area contributed by atoms with Crippen LogP contribution in [0.3, 0.4) is 0 Å². The summed E-state index contributed by atoms with van der Waals surface area (Å²) in [5.74, 6) is 1.72. The molecule has 1 fully saturated rings. The van der Waals surface area contributed by atoms with E-state index in [1.807, 2.05) is 42.2 Å². The number of benzene rings is 1. The van der Waals surface area contributed by atoms with E-state index in [1.54, 1.807) is 23.1 Å². The van der Waals surface area contributed by atoms with Crippen molar-refractivity contribution in [1.82, 2.24) is 29.7 Å². The lowest BCUT2D eigenvalue weighted by molar-refractivity contribution is 0.122. The molecule has 2 aliphatic heterocycles. The summed E-state index contributed by atoms with van der Waals surface area (Å²) in [5.41, 5.74) is 9.51. The summed E-state index contributed by atoms with van der Waals surface area (Å²) in [6.07, 6.45) is 3.19. The van der Waals surface area contributed by atoms with E-state index in [0.717, 1.165) is 16.9 Å². The van der Waals surface area contributed by atoms with Crippen LogP contribution in [0.4, 0.5) is 28.3 Å². The maximum absolute atomic E-state index is 13.0. The number of aromatic nitrogens is 6. The summed E-state index contributed by atoms with van der Waals surface area (Å²) in [5, 5.41) is 8.80. The molecule has 2 aliphatic rings. The predicted molar refractivity (Wildman–Crippen MR) is 140 cm³/mol. The van der Waals surface area contributed by atoms with Gasteiger partial charge in [0, 0.05) is 42.7 Å². The summed E-state index contributed by atoms with van der Waals surface area (Å²) in [7, 11) is 0. The summed E-state index contributed by atoms with van der Waals surface area (Å²) in [6, 6.07) is 11.3. The molecule has 0 atom stereocenters. The Hall–Kier alpha value is -4.78. The zero-order chi connectivity index (χ0) is 26.1. The number of nitrogen functional groups attached to an aromatic ring is 1. The number of nitrogens with one attached hydrogen (secondary N) is 1. The van der Waals surface area contributed by atoms with Gasteiger partial charge in [0.1, 0.15) is 5.82 Å². The molecule has 13 heteroatoms. The molecule has 38 heavy (non-hydrogen) atoms. The van der Waals surface area contributed by atoms with E-state index >= 15 is 0 Å². The molecule has 0 bridgehead atoms. The second-order valence-electron chi connectivity index (χ2n) is 8.88. The van der Waals surface area contributed by atoms with Gasteiger partial charge < -0.3 is 20.2 Å². The van der Waals surface area contributed by atoms with Crippen molar-refractivity contribution in [2.45, 2.75) is 13.3 Å². The van der Waals surface area contributed by atoms with E-state index in [4.69, 9.17) is 25.3 Å². The van der Waals surface area contributed by atoms with Gasteiger partial charge in [0.05, 0.1) is 36.8 Å². The number of amides is 1. The molecule has 1 amide bonds. The van der Waals surface area contributed by atoms with Crippen molar-refractivity contribution in [2.75, 3.05) is 53.9 Å². The molecule has 194 valence electrons. The highest BCUT2D eigenvalue weighted by molar-refractivity contribution is 5.85. The second kappa shape index (κ2) is 9.94. The third-order valence-electron chi connectivity index (χ3n) is 6.27. The highest BCUT2D eigenvalue weighted by Crippen LogP contribution is 2.35. The molecule has 13 nitrogen and oxygen atoms in total. The van der Waals surface area contributed by atoms with Gasteiger partial charge in [-0.1, -0.05) is 18.2 Å². The topological polar surface area (TPSA) is 149 Å². The zero-order valence-electron chi connectivity index (χ0n) is 20.7. The minimum Gasteiger partial charge on any atom is -0.378 e. The maximum Gasteiger partial charge on any atom is 0.437 e. The van der Waals surface area contributed by atoms with E-state index < -0.39 is 6.09 Å². The van der Waals surface area contributed by atoms with Gasteiger partial charge in [0.25, 0.3) is 0 Å². The zero-order valence-corrected chi connectivity index (χ0v) is 20.7. The number of nitrogens with two attached hydrogens (primary N) is 1. The van der Waals surface area contributed by atoms with Crippen molar-refractivity contribution in [1.29, 1.82) is 0 Å². The first-order valence-corrected chi connectivity index (χ1v) is 12.3. The van der Waals surface area contributed by atoms with Gasteiger partial charge in [-0.05, 0) is 25.5 Å². The van der Waals surface area contributed by atoms with Gasteiger partial charge in [-0.3, -0.25) is 5.32 Å². The van der Waals surface area contributed by atoms with Crippen molar-refractivity contribution in [3.8, 4) is 16.9 Å². The first-order valence-electron chi connectivity index (χ1n) is 12.3. The monoisotopic (exact) mass is 514 g/mol. The lowest BCUT2D eigenvalue weighted by Crippen LogP contribution is -2.37. The van der Waals surface area contributed by atoms with E-state index in [-0.39, 0.29) is 5.95 Å². The largest absolute Gasteiger partial charge is 0.437 e. The van der Waals surface area contributed by atoms with E-state index in [9.17, 15) is 4.79 Å². The average molecular weight is 515 g/mol. The standard InChI is InChI=1S/C25H26N10O3/c1-16-13-20(35(32-16)18-5-3-2-4-6-18)29-25(36)38-34-8-7-19-21(17-14-27-23(26)28-15-17)30-24(31-22(19)34)33-9-11-37-12-10-33/h2-6,13-15H,7-12H2,1H3,(H,29,36)(H2,26,27,28). The first-order chi connectivity index (χ1) is 18.5. The number of hydrogen-bond donors (Lipinski definition) is 2. The maximum atomic E-state index is 13.0. The number of ether oxygens (including phenoxy) is 1. The van der Waals surface area contributed by atoms with Crippen molar-refractivity contribution in [2.24, 2.45) is 0 Å². The lowest BCUT2D eigenvalue weighted by Gasteiger charge is -2.28. The number of hydroxylamine groups is 1. The fourth-order valence-electron chi connectivity index (χ4n) is 4.49. The Kier molecular flexibility index (Phi) is 6.17. The molecule has 0 saturated carbocycles. The molecule has 3 aromatic heterocycles. The van der Waals surface area contributed by atoms with Crippen LogP contribution in [-0.4, -0.2) is 68.7 Å². The molecule has 6 rings (SSSR count). The third-order valence-corrected chi connectivity index (χ3v) is 6.27. The SMILES string of the molecule is Cc1cc(NC(=O)ON2CCc3c(-c4cnc(N)nc4)nc(N4CCOCC4)nc32)n(-c2ccccc2)n1. The number of nitrogens with zero attached hydrogens (tertiary/aromatic N) is 8. The van der Waals surface area contributed by atoms with Crippen LogP contribution in [0, 0.1) is 6.92 Å². The predicted octanol–water partition coefficient (Wildman–Crippen LogP) is 2.37. The molecule has 0 unspecified atom stereocenters. The number of carbonyl (C=O) groups is 1. The molecule has 0 spiro atoms. The number of morpholine rings is 1. The van der Waals surface area contributed by atoms with E-state index in [2.05, 4.69) is 20.4 Å². The van der Waals surface area contributed by atoms with Crippen LogP contribution in [0.1, 0.15) is 11.3 Å². The van der Waals surface area contributed by atoms with Gasteiger partial charge >= 0.3 is 6.09 Å². The highest BCUT2D eigenvalue weighted by atomic mass is 16.7. The fourth-order valence-corrected chi connectivity index (χ4v) is 4.49. The van der Waals surface area contributed by atoms with Crippen LogP contribution in [0.15, 0.2) is 48.8 Å². The van der Waals surface area contributed by atoms with Gasteiger partial charge in [0.2, 0.25) is 11.9 Å². The minimum atomic E-state index is -0.654. The van der Waals surface area contributed by atoms with Crippen molar-refractivity contribution >= 4 is 29.6 Å². The van der Waals surface area contributed by atoms with Crippen LogP contribution < -0.4 is 21.0 Å². The Morgan fingerprint density at radius 2 is 1.84 bits per heavy atom. The normalized spacial score (nSPS) is 14.9. The Balaban J connectivity index is 1.29. The minimum absolute atomic E-state index is 0.180. The number of rotatable bonds is 5. The van der Waals surface area contributed by atoms with Crippen LogP contribution in [0.25, 0.3) is 16.9 Å². The summed E-state index contributed by atoms with van der Waals surface area (Å²) < 4.78 is 7.15. The van der Waals surface area contributed by atoms with Crippen molar-refractivity contribution in [3.05, 3.63) is 60.0 Å². The molecular formula is C25H26N10O3. The molecule has 5 heterocycles. The van der Waals surface area contributed by atoms with Crippen LogP contribution in [0.5, 0.6) is 0 Å². The molecular weight excluding hydrogens is 488 g/mol. The number of aryl methyl sites for hydroxylation is 1. The van der Waals surface area contributed by atoms with Gasteiger partial charge in [0.15, 0.2) is 5.82 Å². The van der Waals surface area contributed by atoms with Gasteiger partial charge in [-0.15, -0.1) is 0 Å². The Bertz CT molecular complexity index is 1450. The summed E-state index contributed by atoms with van der Waals surface area (Å²) in [6.45, 7) is 4.75. The van der Waals surface area contributed by atoms with Crippen LogP contribution >= 0.6 is 0 Å². The van der Waals surface area contributed by atoms with Crippen LogP contribution in [-0.2, 0) is 16.0 Å². The van der Waals surface area contributed by atoms with Crippen LogP contribution in [0.2, 0.25) is 0 Å². The fraction of sp³-hybridized carbons (Fsp3) is 0.280. The molecule has 1 saturated heterocycles. The number of fused-ring (bicyclic) bond motifs is 1. The number of hydrogen-bond acceptors (Lipinski definition) is 11. The molecule has 4 aromatic rings. The molecule has 0 radical (unpaired) electrons. The van der Waals surface area contributed by atoms with Crippen molar-refractivity contribution in [3.63, 3.8) is 0 Å². The smallest absolute Gasteiger partial charge is 0.378 e. The Morgan fingerprint density at radius 1 is 1.08 bits per heavy atom. The lowest BCUT2D eigenvalue weighted by atomic mass is 10.1.